The minimum Gasteiger partial charge on any atom is -0.489 e. The zero-order valence-corrected chi connectivity index (χ0v) is 13.9. The third kappa shape index (κ3) is 5.13. The summed E-state index contributed by atoms with van der Waals surface area (Å²) in [5.41, 5.74) is 2.52. The fraction of sp³-hybridized carbons (Fsp3) is 0.294. The number of nitrogens with one attached hydrogen (secondary N) is 1. The van der Waals surface area contributed by atoms with Gasteiger partial charge < -0.3 is 10.1 Å². The van der Waals surface area contributed by atoms with Crippen LogP contribution in [-0.4, -0.2) is 6.54 Å². The minimum atomic E-state index is 0.613. The lowest BCUT2D eigenvalue weighted by atomic mass is 10.1. The summed E-state index contributed by atoms with van der Waals surface area (Å²) in [7, 11) is 0. The van der Waals surface area contributed by atoms with Crippen molar-refractivity contribution in [2.45, 2.75) is 26.5 Å². The Labute approximate surface area is 134 Å². The Bertz CT molecular complexity index is 542. The van der Waals surface area contributed by atoms with Crippen LogP contribution in [0.15, 0.2) is 48.5 Å². The number of benzene rings is 2. The van der Waals surface area contributed by atoms with Crippen molar-refractivity contribution in [2.75, 3.05) is 6.54 Å². The van der Waals surface area contributed by atoms with Crippen molar-refractivity contribution in [3.63, 3.8) is 0 Å². The van der Waals surface area contributed by atoms with Gasteiger partial charge in [0, 0.05) is 10.1 Å². The molecule has 0 bridgehead atoms. The summed E-state index contributed by atoms with van der Waals surface area (Å²) in [4.78, 5) is 0. The van der Waals surface area contributed by atoms with Gasteiger partial charge in [-0.3, -0.25) is 0 Å². The highest BCUT2D eigenvalue weighted by atomic mass is 127. The third-order valence-electron chi connectivity index (χ3n) is 2.95. The summed E-state index contributed by atoms with van der Waals surface area (Å²) in [5.74, 6) is 0.923. The van der Waals surface area contributed by atoms with Gasteiger partial charge in [-0.2, -0.15) is 0 Å². The maximum Gasteiger partial charge on any atom is 0.120 e. The maximum atomic E-state index is 5.83. The topological polar surface area (TPSA) is 21.3 Å². The Morgan fingerprint density at radius 2 is 1.85 bits per heavy atom. The van der Waals surface area contributed by atoms with Crippen molar-refractivity contribution >= 4 is 22.6 Å². The molecule has 0 aliphatic rings. The summed E-state index contributed by atoms with van der Waals surface area (Å²) >= 11 is 2.30. The second-order valence-corrected chi connectivity index (χ2v) is 5.99. The first kappa shape index (κ1) is 15.3. The highest BCUT2D eigenvalue weighted by molar-refractivity contribution is 14.1. The molecular formula is C17H20INO. The van der Waals surface area contributed by atoms with Crippen LogP contribution in [0, 0.1) is 3.57 Å². The van der Waals surface area contributed by atoms with Crippen molar-refractivity contribution in [3.8, 4) is 5.75 Å². The molecule has 2 rings (SSSR count). The van der Waals surface area contributed by atoms with Gasteiger partial charge in [-0.1, -0.05) is 37.3 Å². The number of hydrogen-bond acceptors (Lipinski definition) is 2. The van der Waals surface area contributed by atoms with Gasteiger partial charge in [0.2, 0.25) is 0 Å². The van der Waals surface area contributed by atoms with Crippen molar-refractivity contribution in [2.24, 2.45) is 0 Å². The van der Waals surface area contributed by atoms with E-state index in [2.05, 4.69) is 65.2 Å². The highest BCUT2D eigenvalue weighted by Crippen LogP contribution is 2.16. The van der Waals surface area contributed by atoms with Crippen LogP contribution in [0.3, 0.4) is 0 Å². The van der Waals surface area contributed by atoms with Crippen molar-refractivity contribution in [1.82, 2.24) is 5.32 Å². The maximum absolute atomic E-state index is 5.83. The van der Waals surface area contributed by atoms with E-state index < -0.39 is 0 Å². The van der Waals surface area contributed by atoms with Gasteiger partial charge in [0.1, 0.15) is 12.4 Å². The first-order chi connectivity index (χ1) is 9.78. The van der Waals surface area contributed by atoms with Gasteiger partial charge in [-0.15, -0.1) is 0 Å². The first-order valence-corrected chi connectivity index (χ1v) is 8.02. The van der Waals surface area contributed by atoms with E-state index >= 15 is 0 Å². The summed E-state index contributed by atoms with van der Waals surface area (Å²) < 4.78 is 7.02. The predicted octanol–water partition coefficient (Wildman–Crippen LogP) is 4.37. The molecule has 0 fully saturated rings. The minimum absolute atomic E-state index is 0.613. The van der Waals surface area contributed by atoms with Crippen LogP contribution in [0.5, 0.6) is 5.75 Å². The van der Waals surface area contributed by atoms with Crippen molar-refractivity contribution < 1.29 is 4.74 Å². The molecule has 2 nitrogen and oxygen atoms in total. The lowest BCUT2D eigenvalue weighted by molar-refractivity contribution is 0.306. The number of rotatable bonds is 7. The third-order valence-corrected chi connectivity index (χ3v) is 3.62. The average molecular weight is 381 g/mol. The van der Waals surface area contributed by atoms with Gasteiger partial charge in [0.15, 0.2) is 0 Å². The van der Waals surface area contributed by atoms with E-state index in [1.165, 1.54) is 14.7 Å². The molecule has 0 saturated carbocycles. The van der Waals surface area contributed by atoms with Gasteiger partial charge in [-0.25, -0.2) is 0 Å². The molecule has 0 unspecified atom stereocenters. The van der Waals surface area contributed by atoms with Crippen LogP contribution in [0.2, 0.25) is 0 Å². The van der Waals surface area contributed by atoms with Crippen LogP contribution >= 0.6 is 22.6 Å². The van der Waals surface area contributed by atoms with Crippen LogP contribution in [-0.2, 0) is 13.2 Å². The van der Waals surface area contributed by atoms with Crippen LogP contribution in [0.4, 0.5) is 0 Å². The van der Waals surface area contributed by atoms with Gasteiger partial charge in [0.05, 0.1) is 0 Å². The summed E-state index contributed by atoms with van der Waals surface area (Å²) in [6.45, 7) is 4.77. The van der Waals surface area contributed by atoms with Crippen LogP contribution in [0.25, 0.3) is 0 Å². The quantitative estimate of drug-likeness (QED) is 0.568. The average Bonchev–Trinajstić information content (AvgIpc) is 2.46. The molecule has 0 amide bonds. The summed E-state index contributed by atoms with van der Waals surface area (Å²) in [6.07, 6.45) is 1.16. The monoisotopic (exact) mass is 381 g/mol. The van der Waals surface area contributed by atoms with Crippen molar-refractivity contribution in [1.29, 1.82) is 0 Å². The molecule has 1 N–H and O–H groups in total. The van der Waals surface area contributed by atoms with Gasteiger partial charge in [-0.05, 0) is 64.9 Å². The molecule has 0 aliphatic heterocycles. The number of halogens is 1. The molecule has 0 aliphatic carbocycles. The largest absolute Gasteiger partial charge is 0.489 e. The summed E-state index contributed by atoms with van der Waals surface area (Å²) in [5, 5.41) is 3.42. The zero-order chi connectivity index (χ0) is 14.2. The molecule has 0 atom stereocenters. The molecule has 0 aromatic heterocycles. The lowest BCUT2D eigenvalue weighted by Crippen LogP contribution is -2.13. The molecule has 2 aromatic carbocycles. The Morgan fingerprint density at radius 3 is 2.65 bits per heavy atom. The molecule has 0 spiro atoms. The fourth-order valence-corrected chi connectivity index (χ4v) is 2.48. The highest BCUT2D eigenvalue weighted by Gasteiger charge is 1.99. The zero-order valence-electron chi connectivity index (χ0n) is 11.7. The van der Waals surface area contributed by atoms with E-state index in [0.29, 0.717) is 6.61 Å². The standard InChI is InChI=1S/C17H20INO/c1-2-9-19-12-14-5-3-6-15(10-14)13-20-17-8-4-7-16(18)11-17/h3-8,10-11,19H,2,9,12-13H2,1H3. The van der Waals surface area contributed by atoms with E-state index in [1.54, 1.807) is 0 Å². The van der Waals surface area contributed by atoms with E-state index in [0.717, 1.165) is 25.3 Å². The van der Waals surface area contributed by atoms with Crippen LogP contribution < -0.4 is 10.1 Å². The van der Waals surface area contributed by atoms with Crippen molar-refractivity contribution in [3.05, 3.63) is 63.2 Å². The molecular weight excluding hydrogens is 361 g/mol. The number of ether oxygens (including phenoxy) is 1. The smallest absolute Gasteiger partial charge is 0.120 e. The van der Waals surface area contributed by atoms with Crippen LogP contribution in [0.1, 0.15) is 24.5 Å². The van der Waals surface area contributed by atoms with E-state index in [4.69, 9.17) is 4.74 Å². The second-order valence-electron chi connectivity index (χ2n) is 4.74. The second kappa shape index (κ2) is 8.27. The lowest BCUT2D eigenvalue weighted by Gasteiger charge is -2.09. The fourth-order valence-electron chi connectivity index (χ4n) is 1.96. The first-order valence-electron chi connectivity index (χ1n) is 6.95. The molecule has 0 heterocycles. The van der Waals surface area contributed by atoms with E-state index in [9.17, 15) is 0 Å². The number of hydrogen-bond donors (Lipinski definition) is 1. The Balaban J connectivity index is 1.91. The Morgan fingerprint density at radius 1 is 1.05 bits per heavy atom. The molecule has 20 heavy (non-hydrogen) atoms. The predicted molar refractivity (Wildman–Crippen MR) is 91.9 cm³/mol. The van der Waals surface area contributed by atoms with E-state index in [-0.39, 0.29) is 0 Å². The molecule has 3 heteroatoms. The Hall–Kier alpha value is -1.07. The molecule has 106 valence electrons. The van der Waals surface area contributed by atoms with Gasteiger partial charge >= 0.3 is 0 Å². The van der Waals surface area contributed by atoms with E-state index in [1.807, 2.05) is 18.2 Å². The summed E-state index contributed by atoms with van der Waals surface area (Å²) in [6, 6.07) is 16.7. The molecule has 2 aromatic rings. The SMILES string of the molecule is CCCNCc1cccc(COc2cccc(I)c2)c1. The Kier molecular flexibility index (Phi) is 6.33. The van der Waals surface area contributed by atoms with Gasteiger partial charge in [0.25, 0.3) is 0 Å². The normalized spacial score (nSPS) is 10.5. The molecule has 0 radical (unpaired) electrons. The molecule has 0 saturated heterocycles.